The molecule has 1 aromatic carbocycles. The number of carboxylic acids is 1. The fourth-order valence-corrected chi connectivity index (χ4v) is 2.66. The van der Waals surface area contributed by atoms with Crippen molar-refractivity contribution in [3.8, 4) is 0 Å². The number of carboxylic acid groups (broad SMARTS) is 1. The first kappa shape index (κ1) is 14.9. The van der Waals surface area contributed by atoms with E-state index in [4.69, 9.17) is 5.11 Å². The van der Waals surface area contributed by atoms with Crippen molar-refractivity contribution in [3.05, 3.63) is 30.3 Å². The van der Waals surface area contributed by atoms with Gasteiger partial charge in [-0.25, -0.2) is 0 Å². The molecule has 0 unspecified atom stereocenters. The maximum Gasteiger partial charge on any atom is 0.303 e. The van der Waals surface area contributed by atoms with Gasteiger partial charge in [-0.1, -0.05) is 24.6 Å². The highest BCUT2D eigenvalue weighted by atomic mass is 16.4. The molecule has 1 aliphatic rings. The van der Waals surface area contributed by atoms with Crippen molar-refractivity contribution in [2.75, 3.05) is 37.6 Å². The molecule has 1 aromatic rings. The molecule has 4 nitrogen and oxygen atoms in total. The van der Waals surface area contributed by atoms with Gasteiger partial charge in [0.15, 0.2) is 0 Å². The van der Waals surface area contributed by atoms with Gasteiger partial charge in [-0.15, -0.1) is 0 Å². The van der Waals surface area contributed by atoms with Crippen molar-refractivity contribution in [2.24, 2.45) is 0 Å². The Morgan fingerprint density at radius 1 is 1.00 bits per heavy atom. The Bertz CT molecular complexity index is 400. The van der Waals surface area contributed by atoms with Crippen LogP contribution in [0.5, 0.6) is 0 Å². The summed E-state index contributed by atoms with van der Waals surface area (Å²) >= 11 is 0. The van der Waals surface area contributed by atoms with Crippen LogP contribution in [0.15, 0.2) is 30.3 Å². The molecule has 1 N–H and O–H groups in total. The summed E-state index contributed by atoms with van der Waals surface area (Å²) in [6, 6.07) is 10.6. The number of nitrogens with zero attached hydrogens (tertiary/aromatic N) is 2. The minimum Gasteiger partial charge on any atom is -0.481 e. The Hall–Kier alpha value is -1.55. The lowest BCUT2D eigenvalue weighted by atomic mass is 10.1. The lowest BCUT2D eigenvalue weighted by molar-refractivity contribution is -0.137. The quantitative estimate of drug-likeness (QED) is 0.777. The van der Waals surface area contributed by atoms with Crippen molar-refractivity contribution in [3.63, 3.8) is 0 Å². The molecule has 1 fully saturated rings. The largest absolute Gasteiger partial charge is 0.481 e. The van der Waals surface area contributed by atoms with E-state index in [1.54, 1.807) is 0 Å². The predicted octanol–water partition coefficient (Wildman–Crippen LogP) is 2.45. The smallest absolute Gasteiger partial charge is 0.303 e. The van der Waals surface area contributed by atoms with E-state index in [2.05, 4.69) is 40.1 Å². The molecule has 4 heteroatoms. The van der Waals surface area contributed by atoms with Gasteiger partial charge in [0.25, 0.3) is 0 Å². The minimum atomic E-state index is -0.679. The van der Waals surface area contributed by atoms with Crippen LogP contribution in [-0.2, 0) is 4.79 Å². The summed E-state index contributed by atoms with van der Waals surface area (Å²) in [5.74, 6) is -0.679. The van der Waals surface area contributed by atoms with Gasteiger partial charge in [0.05, 0.1) is 0 Å². The van der Waals surface area contributed by atoms with E-state index in [0.717, 1.165) is 52.0 Å². The summed E-state index contributed by atoms with van der Waals surface area (Å²) in [5.41, 5.74) is 1.31. The molecule has 1 heterocycles. The van der Waals surface area contributed by atoms with E-state index in [-0.39, 0.29) is 0 Å². The van der Waals surface area contributed by atoms with Crippen LogP contribution in [0.1, 0.15) is 25.7 Å². The maximum absolute atomic E-state index is 10.4. The van der Waals surface area contributed by atoms with Crippen LogP contribution in [-0.4, -0.2) is 48.7 Å². The van der Waals surface area contributed by atoms with Crippen LogP contribution in [0.25, 0.3) is 0 Å². The van der Waals surface area contributed by atoms with Crippen molar-refractivity contribution >= 4 is 11.7 Å². The van der Waals surface area contributed by atoms with Gasteiger partial charge in [-0.05, 0) is 31.5 Å². The summed E-state index contributed by atoms with van der Waals surface area (Å²) in [7, 11) is 0. The lowest BCUT2D eigenvalue weighted by Gasteiger charge is -2.36. The molecule has 0 bridgehead atoms. The van der Waals surface area contributed by atoms with Crippen LogP contribution < -0.4 is 4.90 Å². The molecule has 20 heavy (non-hydrogen) atoms. The highest BCUT2D eigenvalue weighted by Crippen LogP contribution is 2.15. The fourth-order valence-electron chi connectivity index (χ4n) is 2.66. The van der Waals surface area contributed by atoms with Gasteiger partial charge in [0.2, 0.25) is 0 Å². The average molecular weight is 276 g/mol. The van der Waals surface area contributed by atoms with Crippen LogP contribution in [0, 0.1) is 0 Å². The number of benzene rings is 1. The summed E-state index contributed by atoms with van der Waals surface area (Å²) in [4.78, 5) is 15.3. The van der Waals surface area contributed by atoms with Gasteiger partial charge in [-0.2, -0.15) is 0 Å². The molecule has 0 radical (unpaired) electrons. The van der Waals surface area contributed by atoms with Crippen LogP contribution in [0.3, 0.4) is 0 Å². The number of hydrogen-bond acceptors (Lipinski definition) is 3. The minimum absolute atomic E-state index is 0.307. The summed E-state index contributed by atoms with van der Waals surface area (Å²) < 4.78 is 0. The predicted molar refractivity (Wildman–Crippen MR) is 81.2 cm³/mol. The van der Waals surface area contributed by atoms with E-state index in [1.165, 1.54) is 5.69 Å². The van der Waals surface area contributed by atoms with Gasteiger partial charge < -0.3 is 10.0 Å². The zero-order chi connectivity index (χ0) is 14.2. The molecule has 0 spiro atoms. The van der Waals surface area contributed by atoms with Gasteiger partial charge in [0, 0.05) is 38.3 Å². The third-order valence-corrected chi connectivity index (χ3v) is 3.86. The summed E-state index contributed by atoms with van der Waals surface area (Å²) in [6.45, 7) is 5.47. The number of anilines is 1. The highest BCUT2D eigenvalue weighted by molar-refractivity contribution is 5.66. The van der Waals surface area contributed by atoms with E-state index >= 15 is 0 Å². The molecule has 2 rings (SSSR count). The number of carbonyl (C=O) groups is 1. The zero-order valence-electron chi connectivity index (χ0n) is 12.0. The Balaban J connectivity index is 1.61. The third kappa shape index (κ3) is 4.85. The highest BCUT2D eigenvalue weighted by Gasteiger charge is 2.16. The molecular weight excluding hydrogens is 252 g/mol. The molecular formula is C16H24N2O2. The number of para-hydroxylation sites is 1. The van der Waals surface area contributed by atoms with Crippen molar-refractivity contribution in [1.82, 2.24) is 4.90 Å². The van der Waals surface area contributed by atoms with E-state index < -0.39 is 5.97 Å². The third-order valence-electron chi connectivity index (χ3n) is 3.86. The standard InChI is InChI=1S/C16H24N2O2/c19-16(20)9-5-2-6-10-17-11-13-18(14-12-17)15-7-3-1-4-8-15/h1,3-4,7-8H,2,5-6,9-14H2,(H,19,20). The Labute approximate surface area is 121 Å². The molecule has 0 atom stereocenters. The number of unbranched alkanes of at least 4 members (excludes halogenated alkanes) is 2. The molecule has 0 aromatic heterocycles. The molecule has 110 valence electrons. The zero-order valence-corrected chi connectivity index (χ0v) is 12.0. The van der Waals surface area contributed by atoms with Crippen molar-refractivity contribution in [2.45, 2.75) is 25.7 Å². The van der Waals surface area contributed by atoms with Gasteiger partial charge in [0.1, 0.15) is 0 Å². The van der Waals surface area contributed by atoms with Crippen LogP contribution in [0.4, 0.5) is 5.69 Å². The lowest BCUT2D eigenvalue weighted by Crippen LogP contribution is -2.46. The first-order valence-electron chi connectivity index (χ1n) is 7.50. The molecule has 0 amide bonds. The van der Waals surface area contributed by atoms with Crippen LogP contribution in [0.2, 0.25) is 0 Å². The second-order valence-electron chi connectivity index (χ2n) is 5.37. The summed E-state index contributed by atoms with van der Waals surface area (Å²) in [5, 5.41) is 8.58. The number of hydrogen-bond donors (Lipinski definition) is 1. The molecule has 1 saturated heterocycles. The first-order valence-corrected chi connectivity index (χ1v) is 7.50. The SMILES string of the molecule is O=C(O)CCCCCN1CCN(c2ccccc2)CC1. The Morgan fingerprint density at radius 3 is 2.35 bits per heavy atom. The number of rotatable bonds is 7. The normalized spacial score (nSPS) is 16.3. The number of piperazine rings is 1. The summed E-state index contributed by atoms with van der Waals surface area (Å²) in [6.07, 6.45) is 3.24. The monoisotopic (exact) mass is 276 g/mol. The average Bonchev–Trinajstić information content (AvgIpc) is 2.48. The van der Waals surface area contributed by atoms with Gasteiger partial charge >= 0.3 is 5.97 Å². The topological polar surface area (TPSA) is 43.8 Å². The Morgan fingerprint density at radius 2 is 1.70 bits per heavy atom. The second kappa shape index (κ2) is 7.90. The van der Waals surface area contributed by atoms with Gasteiger partial charge in [-0.3, -0.25) is 9.69 Å². The molecule has 0 saturated carbocycles. The van der Waals surface area contributed by atoms with Crippen LogP contribution >= 0.6 is 0 Å². The molecule has 1 aliphatic heterocycles. The number of aliphatic carboxylic acids is 1. The van der Waals surface area contributed by atoms with E-state index in [0.29, 0.717) is 6.42 Å². The van der Waals surface area contributed by atoms with E-state index in [1.807, 2.05) is 0 Å². The van der Waals surface area contributed by atoms with Crippen molar-refractivity contribution in [1.29, 1.82) is 0 Å². The second-order valence-corrected chi connectivity index (χ2v) is 5.37. The molecule has 0 aliphatic carbocycles. The maximum atomic E-state index is 10.4. The van der Waals surface area contributed by atoms with Crippen molar-refractivity contribution < 1.29 is 9.90 Å². The first-order chi connectivity index (χ1) is 9.75. The fraction of sp³-hybridized carbons (Fsp3) is 0.562. The Kier molecular flexibility index (Phi) is 5.87. The van der Waals surface area contributed by atoms with E-state index in [9.17, 15) is 4.79 Å².